The molecule has 1 aliphatic carbocycles. The van der Waals surface area contributed by atoms with Crippen LogP contribution in [0.15, 0.2) is 42.5 Å². The van der Waals surface area contributed by atoms with Crippen LogP contribution in [0.25, 0.3) is 11.1 Å². The van der Waals surface area contributed by atoms with E-state index in [1.807, 2.05) is 6.07 Å². The molecule has 0 radical (unpaired) electrons. The molecule has 0 spiro atoms. The lowest BCUT2D eigenvalue weighted by molar-refractivity contribution is -0.103. The van der Waals surface area contributed by atoms with Gasteiger partial charge >= 0.3 is 0 Å². The van der Waals surface area contributed by atoms with Crippen LogP contribution in [0.1, 0.15) is 30.5 Å². The van der Waals surface area contributed by atoms with Gasteiger partial charge in [0.25, 0.3) is 0 Å². The topological polar surface area (TPSA) is 17.1 Å². The fraction of sp³-hybridized carbons (Fsp3) is 0.167. The summed E-state index contributed by atoms with van der Waals surface area (Å²) < 4.78 is 0. The molecule has 3 rings (SSSR count). The first-order valence-electron chi connectivity index (χ1n) is 6.34. The number of hydrogen-bond acceptors (Lipinski definition) is 1. The van der Waals surface area contributed by atoms with Gasteiger partial charge in [0.1, 0.15) is 0 Å². The maximum atomic E-state index is 10.3. The van der Waals surface area contributed by atoms with Crippen LogP contribution >= 0.6 is 0 Å². The third kappa shape index (κ3) is 1.69. The van der Waals surface area contributed by atoms with Gasteiger partial charge in [0.2, 0.25) is 0 Å². The van der Waals surface area contributed by atoms with Gasteiger partial charge in [0, 0.05) is 11.0 Å². The van der Waals surface area contributed by atoms with Crippen molar-refractivity contribution in [3.05, 3.63) is 59.2 Å². The normalized spacial score (nSPS) is 14.0. The molecule has 2 aromatic rings. The highest BCUT2D eigenvalue weighted by molar-refractivity contribution is 5.81. The molecular weight excluding hydrogens is 232 g/mol. The Bertz CT molecular complexity index is 727. The Morgan fingerprint density at radius 1 is 1.00 bits per heavy atom. The standard InChI is InChI=1S/C18H14O/c1-18(2)16-8-4-3-7-14(16)15-10-9-13(6-5-11-19)12-17(15)18/h3-4,7-12H,1-2H3. The highest BCUT2D eigenvalue weighted by Crippen LogP contribution is 2.48. The molecule has 1 nitrogen and oxygen atoms in total. The minimum absolute atomic E-state index is 0.00913. The predicted molar refractivity (Wildman–Crippen MR) is 76.9 cm³/mol. The molecule has 0 atom stereocenters. The largest absolute Gasteiger partial charge is 0.289 e. The number of carbonyl (C=O) groups is 1. The second-order valence-corrected chi connectivity index (χ2v) is 5.32. The second kappa shape index (κ2) is 4.10. The number of rotatable bonds is 0. The summed E-state index contributed by atoms with van der Waals surface area (Å²) in [5.41, 5.74) is 6.10. The number of aldehydes is 1. The smallest absolute Gasteiger partial charge is 0.193 e. The van der Waals surface area contributed by atoms with Crippen LogP contribution in [0.4, 0.5) is 0 Å². The van der Waals surface area contributed by atoms with Crippen molar-refractivity contribution in [3.63, 3.8) is 0 Å². The van der Waals surface area contributed by atoms with Crippen molar-refractivity contribution in [1.29, 1.82) is 0 Å². The molecule has 0 heterocycles. The average molecular weight is 246 g/mol. The van der Waals surface area contributed by atoms with Gasteiger partial charge in [-0.15, -0.1) is 0 Å². The lowest BCUT2D eigenvalue weighted by atomic mass is 9.82. The van der Waals surface area contributed by atoms with Crippen LogP contribution in [0.3, 0.4) is 0 Å². The maximum Gasteiger partial charge on any atom is 0.193 e. The minimum Gasteiger partial charge on any atom is -0.289 e. The Kier molecular flexibility index (Phi) is 2.54. The van der Waals surface area contributed by atoms with Gasteiger partial charge in [-0.05, 0) is 40.3 Å². The van der Waals surface area contributed by atoms with E-state index in [-0.39, 0.29) is 5.41 Å². The Morgan fingerprint density at radius 2 is 1.74 bits per heavy atom. The van der Waals surface area contributed by atoms with E-state index in [0.29, 0.717) is 6.29 Å². The lowest BCUT2D eigenvalue weighted by Gasteiger charge is -2.21. The number of carbonyl (C=O) groups excluding carboxylic acids is 1. The maximum absolute atomic E-state index is 10.3. The number of fused-ring (bicyclic) bond motifs is 3. The van der Waals surface area contributed by atoms with E-state index in [1.165, 1.54) is 22.3 Å². The van der Waals surface area contributed by atoms with Crippen molar-refractivity contribution in [3.8, 4) is 23.0 Å². The van der Waals surface area contributed by atoms with E-state index in [0.717, 1.165) is 5.56 Å². The zero-order valence-electron chi connectivity index (χ0n) is 11.0. The molecule has 1 aliphatic rings. The number of benzene rings is 2. The first-order valence-corrected chi connectivity index (χ1v) is 6.34. The van der Waals surface area contributed by atoms with Gasteiger partial charge in [-0.25, -0.2) is 0 Å². The van der Waals surface area contributed by atoms with Crippen LogP contribution in [-0.4, -0.2) is 6.29 Å². The third-order valence-electron chi connectivity index (χ3n) is 3.86. The summed E-state index contributed by atoms with van der Waals surface area (Å²) in [5.74, 6) is 5.34. The van der Waals surface area contributed by atoms with Crippen molar-refractivity contribution in [2.24, 2.45) is 0 Å². The summed E-state index contributed by atoms with van der Waals surface area (Å²) in [5, 5.41) is 0. The summed E-state index contributed by atoms with van der Waals surface area (Å²) in [6.07, 6.45) is 0.632. The summed E-state index contributed by atoms with van der Waals surface area (Å²) >= 11 is 0. The van der Waals surface area contributed by atoms with Crippen molar-refractivity contribution in [1.82, 2.24) is 0 Å². The molecule has 0 saturated heterocycles. The molecule has 0 unspecified atom stereocenters. The molecule has 0 bridgehead atoms. The molecule has 0 fully saturated rings. The summed E-state index contributed by atoms with van der Waals surface area (Å²) in [7, 11) is 0. The molecule has 19 heavy (non-hydrogen) atoms. The van der Waals surface area contributed by atoms with E-state index in [9.17, 15) is 4.79 Å². The van der Waals surface area contributed by atoms with E-state index >= 15 is 0 Å². The van der Waals surface area contributed by atoms with Gasteiger partial charge in [-0.2, -0.15) is 0 Å². The van der Waals surface area contributed by atoms with Crippen LogP contribution in [0.5, 0.6) is 0 Å². The average Bonchev–Trinajstić information content (AvgIpc) is 2.66. The molecule has 0 aromatic heterocycles. The summed E-state index contributed by atoms with van der Waals surface area (Å²) in [6, 6.07) is 14.7. The van der Waals surface area contributed by atoms with Crippen molar-refractivity contribution >= 4 is 6.29 Å². The quantitative estimate of drug-likeness (QED) is 0.513. The van der Waals surface area contributed by atoms with E-state index in [1.54, 1.807) is 0 Å². The summed E-state index contributed by atoms with van der Waals surface area (Å²) in [4.78, 5) is 10.3. The fourth-order valence-electron chi connectivity index (χ4n) is 2.89. The number of hydrogen-bond donors (Lipinski definition) is 0. The molecule has 92 valence electrons. The summed E-state index contributed by atoms with van der Waals surface area (Å²) in [6.45, 7) is 4.46. The zero-order chi connectivity index (χ0) is 13.5. The first kappa shape index (κ1) is 11.7. The van der Waals surface area contributed by atoms with E-state index in [4.69, 9.17) is 0 Å². The molecule has 0 aliphatic heterocycles. The van der Waals surface area contributed by atoms with Gasteiger partial charge < -0.3 is 0 Å². The van der Waals surface area contributed by atoms with Crippen LogP contribution in [0, 0.1) is 11.8 Å². The predicted octanol–water partition coefficient (Wildman–Crippen LogP) is 3.54. The van der Waals surface area contributed by atoms with Crippen molar-refractivity contribution < 1.29 is 4.79 Å². The molecule has 0 saturated carbocycles. The Hall–Kier alpha value is -2.33. The monoisotopic (exact) mass is 246 g/mol. The van der Waals surface area contributed by atoms with Gasteiger partial charge in [0.15, 0.2) is 6.29 Å². The third-order valence-corrected chi connectivity index (χ3v) is 3.86. The molecule has 0 N–H and O–H groups in total. The van der Waals surface area contributed by atoms with Gasteiger partial charge in [-0.3, -0.25) is 4.79 Å². The van der Waals surface area contributed by atoms with Crippen molar-refractivity contribution in [2.75, 3.05) is 0 Å². The highest BCUT2D eigenvalue weighted by Gasteiger charge is 2.34. The Balaban J connectivity index is 2.24. The second-order valence-electron chi connectivity index (χ2n) is 5.32. The molecule has 1 heteroatoms. The van der Waals surface area contributed by atoms with Crippen LogP contribution in [-0.2, 0) is 10.2 Å². The SMILES string of the molecule is CC1(C)c2ccccc2-c2ccc(C#CC=O)cc21. The van der Waals surface area contributed by atoms with Crippen molar-refractivity contribution in [2.45, 2.75) is 19.3 Å². The molecule has 0 amide bonds. The molecule has 2 aromatic carbocycles. The van der Waals surface area contributed by atoms with E-state index < -0.39 is 0 Å². The first-order chi connectivity index (χ1) is 9.14. The van der Waals surface area contributed by atoms with Gasteiger partial charge in [0.05, 0.1) is 0 Å². The Morgan fingerprint density at radius 3 is 2.53 bits per heavy atom. The van der Waals surface area contributed by atoms with Crippen LogP contribution < -0.4 is 0 Å². The van der Waals surface area contributed by atoms with Crippen LogP contribution in [0.2, 0.25) is 0 Å². The highest BCUT2D eigenvalue weighted by atomic mass is 16.1. The molecular formula is C18H14O. The minimum atomic E-state index is -0.00913. The lowest BCUT2D eigenvalue weighted by Crippen LogP contribution is -2.14. The van der Waals surface area contributed by atoms with Gasteiger partial charge in [-0.1, -0.05) is 50.1 Å². The zero-order valence-corrected chi connectivity index (χ0v) is 11.0. The fourth-order valence-corrected chi connectivity index (χ4v) is 2.89. The Labute approximate surface area is 113 Å². The van der Waals surface area contributed by atoms with E-state index in [2.05, 4.69) is 62.1 Å².